The Bertz CT molecular complexity index is 630. The molecule has 0 saturated carbocycles. The number of nitrogens with two attached hydrogens (primary N) is 1. The number of aliphatic hydroxyl groups excluding tert-OH is 3. The summed E-state index contributed by atoms with van der Waals surface area (Å²) in [5.74, 6) is -2.62. The molecule has 7 N–H and O–H groups in total. The molecule has 0 amide bonds. The zero-order valence-electron chi connectivity index (χ0n) is 22.1. The van der Waals surface area contributed by atoms with Crippen molar-refractivity contribution in [3.8, 4) is 0 Å². The summed E-state index contributed by atoms with van der Waals surface area (Å²) in [6, 6.07) is -0.482. The number of cyclic esters (lactones) is 1. The van der Waals surface area contributed by atoms with Crippen molar-refractivity contribution in [2.45, 2.75) is 116 Å². The first-order valence-corrected chi connectivity index (χ1v) is 12.7. The molecule has 34 heavy (non-hydrogen) atoms. The lowest BCUT2D eigenvalue weighted by molar-refractivity contribution is -0.193. The number of esters is 1. The molecule has 0 aromatic heterocycles. The zero-order chi connectivity index (χ0) is 26.4. The number of hydrogen-bond acceptors (Lipinski definition) is 9. The Morgan fingerprint density at radius 3 is 2.18 bits per heavy atom. The van der Waals surface area contributed by atoms with Crippen LogP contribution in [0.1, 0.15) is 74.1 Å². The monoisotopic (exact) mass is 490 g/mol. The van der Waals surface area contributed by atoms with Gasteiger partial charge in [0.15, 0.2) is 0 Å². The van der Waals surface area contributed by atoms with E-state index in [-0.39, 0.29) is 18.8 Å². The number of unbranched alkanes of at least 4 members (excludes halogenated alkanes) is 1. The topological polar surface area (TPSA) is 157 Å². The first-order valence-electron chi connectivity index (χ1n) is 12.7. The minimum Gasteiger partial charge on any atom is -0.459 e. The van der Waals surface area contributed by atoms with Gasteiger partial charge in [-0.1, -0.05) is 20.8 Å². The lowest BCUT2D eigenvalue weighted by atomic mass is 9.78. The number of hydrogen-bond donors (Lipinski definition) is 6. The third-order valence-electron chi connectivity index (χ3n) is 7.68. The molecule has 0 bridgehead atoms. The molecule has 0 unspecified atom stereocenters. The predicted octanol–water partition coefficient (Wildman–Crippen LogP) is 0.634. The van der Waals surface area contributed by atoms with Gasteiger partial charge in [-0.05, 0) is 72.4 Å². The molecule has 1 aliphatic rings. The van der Waals surface area contributed by atoms with E-state index in [4.69, 9.17) is 10.5 Å². The van der Waals surface area contributed by atoms with Gasteiger partial charge < -0.3 is 36.0 Å². The number of carbonyl (C=O) groups excluding carboxylic acids is 1. The SMILES string of the molecule is CC[C@H]1OC(=O)[C@H](C)[C@@H](O)[C@H](C)[C@@H](O)[C@](C)(O)C[C@@H](C)CN(CCCCN)[C@H](C)[C@@H](O)[C@]1(C)O. The van der Waals surface area contributed by atoms with Crippen molar-refractivity contribution in [1.82, 2.24) is 4.90 Å². The minimum atomic E-state index is -1.74. The van der Waals surface area contributed by atoms with Crippen LogP contribution in [0.25, 0.3) is 0 Å². The molecule has 9 heteroatoms. The van der Waals surface area contributed by atoms with Gasteiger partial charge in [0.05, 0.1) is 23.7 Å². The van der Waals surface area contributed by atoms with E-state index in [1.807, 2.05) is 13.8 Å². The summed E-state index contributed by atoms with van der Waals surface area (Å²) in [4.78, 5) is 14.9. The van der Waals surface area contributed by atoms with Crippen molar-refractivity contribution in [2.24, 2.45) is 23.5 Å². The Morgan fingerprint density at radius 1 is 1.06 bits per heavy atom. The lowest BCUT2D eigenvalue weighted by Crippen LogP contribution is -2.59. The maximum absolute atomic E-state index is 12.9. The molecule has 10 atom stereocenters. The summed E-state index contributed by atoms with van der Waals surface area (Å²) in [5, 5.41) is 55.4. The fourth-order valence-electron chi connectivity index (χ4n) is 5.30. The van der Waals surface area contributed by atoms with Gasteiger partial charge in [-0.2, -0.15) is 0 Å². The smallest absolute Gasteiger partial charge is 0.311 e. The minimum absolute atomic E-state index is 0.0751. The Morgan fingerprint density at radius 2 is 1.65 bits per heavy atom. The van der Waals surface area contributed by atoms with Crippen LogP contribution >= 0.6 is 0 Å². The molecular formula is C25H50N2O7. The molecule has 9 nitrogen and oxygen atoms in total. The Hall–Kier alpha value is -0.810. The molecule has 1 rings (SSSR count). The Labute approximate surface area is 205 Å². The van der Waals surface area contributed by atoms with E-state index in [0.717, 1.165) is 12.8 Å². The van der Waals surface area contributed by atoms with E-state index in [0.29, 0.717) is 19.6 Å². The number of carbonyl (C=O) groups is 1. The van der Waals surface area contributed by atoms with Crippen LogP contribution in [-0.4, -0.2) is 97.7 Å². The molecule has 1 fully saturated rings. The third kappa shape index (κ3) is 7.59. The van der Waals surface area contributed by atoms with Crippen molar-refractivity contribution in [3.63, 3.8) is 0 Å². The molecule has 0 aromatic rings. The Balaban J connectivity index is 3.43. The second kappa shape index (κ2) is 12.9. The maximum Gasteiger partial charge on any atom is 0.311 e. The van der Waals surface area contributed by atoms with Crippen LogP contribution < -0.4 is 5.73 Å². The average Bonchev–Trinajstić information content (AvgIpc) is 2.77. The molecule has 0 aliphatic carbocycles. The number of ether oxygens (including phenoxy) is 1. The normalized spacial score (nSPS) is 44.2. The van der Waals surface area contributed by atoms with Gasteiger partial charge in [-0.15, -0.1) is 0 Å². The first kappa shape index (κ1) is 31.2. The van der Waals surface area contributed by atoms with Crippen LogP contribution in [0, 0.1) is 17.8 Å². The molecular weight excluding hydrogens is 440 g/mol. The molecule has 0 radical (unpaired) electrons. The molecule has 1 saturated heterocycles. The van der Waals surface area contributed by atoms with Crippen molar-refractivity contribution < 1.29 is 35.1 Å². The van der Waals surface area contributed by atoms with Gasteiger partial charge in [-0.3, -0.25) is 9.69 Å². The predicted molar refractivity (Wildman–Crippen MR) is 131 cm³/mol. The highest BCUT2D eigenvalue weighted by atomic mass is 16.6. The molecule has 0 spiro atoms. The first-order chi connectivity index (χ1) is 15.6. The highest BCUT2D eigenvalue weighted by Gasteiger charge is 2.47. The molecule has 202 valence electrons. The van der Waals surface area contributed by atoms with Gasteiger partial charge in [0, 0.05) is 18.5 Å². The van der Waals surface area contributed by atoms with Gasteiger partial charge in [-0.25, -0.2) is 0 Å². The number of aliphatic hydroxyl groups is 5. The van der Waals surface area contributed by atoms with Crippen LogP contribution in [0.15, 0.2) is 0 Å². The van der Waals surface area contributed by atoms with Crippen LogP contribution in [0.2, 0.25) is 0 Å². The largest absolute Gasteiger partial charge is 0.459 e. The summed E-state index contributed by atoms with van der Waals surface area (Å²) >= 11 is 0. The van der Waals surface area contributed by atoms with E-state index in [9.17, 15) is 30.3 Å². The van der Waals surface area contributed by atoms with Crippen molar-refractivity contribution in [2.75, 3.05) is 19.6 Å². The van der Waals surface area contributed by atoms with Crippen molar-refractivity contribution in [1.29, 1.82) is 0 Å². The average molecular weight is 491 g/mol. The summed E-state index contributed by atoms with van der Waals surface area (Å²) in [6.45, 7) is 13.3. The highest BCUT2D eigenvalue weighted by Crippen LogP contribution is 2.32. The number of rotatable bonds is 5. The quantitative estimate of drug-likeness (QED) is 0.240. The molecule has 0 aromatic carbocycles. The van der Waals surface area contributed by atoms with Crippen molar-refractivity contribution in [3.05, 3.63) is 0 Å². The standard InChI is InChI=1S/C25H50N2O7/c1-8-19-25(7,33)22(30)18(5)27(12-10-9-11-26)14-15(2)13-24(6,32)21(29)16(3)20(28)17(4)23(31)34-19/h15-22,28-30,32-33H,8-14,26H2,1-7H3/t15-,16+,17-,18-,19-,20+,21-,22-,24-,25-/m1/s1. The summed E-state index contributed by atoms with van der Waals surface area (Å²) in [7, 11) is 0. The molecule has 1 heterocycles. The van der Waals surface area contributed by atoms with E-state index < -0.39 is 59.5 Å². The third-order valence-corrected chi connectivity index (χ3v) is 7.68. The summed E-state index contributed by atoms with van der Waals surface area (Å²) < 4.78 is 5.59. The van der Waals surface area contributed by atoms with E-state index in [1.54, 1.807) is 13.8 Å². The summed E-state index contributed by atoms with van der Waals surface area (Å²) in [5.41, 5.74) is 2.42. The van der Waals surface area contributed by atoms with Crippen LogP contribution in [0.5, 0.6) is 0 Å². The van der Waals surface area contributed by atoms with Gasteiger partial charge in [0.1, 0.15) is 17.8 Å². The fourth-order valence-corrected chi connectivity index (χ4v) is 5.30. The zero-order valence-corrected chi connectivity index (χ0v) is 22.1. The van der Waals surface area contributed by atoms with E-state index in [1.165, 1.54) is 20.8 Å². The van der Waals surface area contributed by atoms with Crippen LogP contribution in [0.4, 0.5) is 0 Å². The van der Waals surface area contributed by atoms with Crippen molar-refractivity contribution >= 4 is 5.97 Å². The second-order valence-corrected chi connectivity index (χ2v) is 11.0. The number of nitrogens with zero attached hydrogens (tertiary/aromatic N) is 1. The lowest BCUT2D eigenvalue weighted by Gasteiger charge is -2.43. The maximum atomic E-state index is 12.9. The van der Waals surface area contributed by atoms with E-state index in [2.05, 4.69) is 4.90 Å². The van der Waals surface area contributed by atoms with Gasteiger partial charge in [0.25, 0.3) is 0 Å². The van der Waals surface area contributed by atoms with Gasteiger partial charge in [0.2, 0.25) is 0 Å². The second-order valence-electron chi connectivity index (χ2n) is 11.0. The highest BCUT2D eigenvalue weighted by molar-refractivity contribution is 5.73. The molecule has 1 aliphatic heterocycles. The van der Waals surface area contributed by atoms with Gasteiger partial charge >= 0.3 is 5.97 Å². The fraction of sp³-hybridized carbons (Fsp3) is 0.960. The Kier molecular flexibility index (Phi) is 11.9. The van der Waals surface area contributed by atoms with E-state index >= 15 is 0 Å². The van der Waals surface area contributed by atoms with Crippen LogP contribution in [-0.2, 0) is 9.53 Å². The summed E-state index contributed by atoms with van der Waals surface area (Å²) in [6.07, 6.45) is -2.65. The van der Waals surface area contributed by atoms with Crippen LogP contribution in [0.3, 0.4) is 0 Å².